The molecule has 0 aliphatic heterocycles. The largest absolute Gasteiger partial charge is 0.347 e. The standard InChI is InChI=1S/C15H11FN2O2S/c16-10-3-4-13-9(6-10)7-12(15(20)18-13)14(19)17-8-11-2-1-5-21-11/h1-7H,8H2,(H,17,19)(H,18,20). The number of thiophene rings is 1. The number of aromatic amines is 1. The number of rotatable bonds is 3. The highest BCUT2D eigenvalue weighted by Crippen LogP contribution is 2.13. The van der Waals surface area contributed by atoms with E-state index in [1.807, 2.05) is 17.5 Å². The number of H-pyrrole nitrogens is 1. The molecule has 0 unspecified atom stereocenters. The molecule has 6 heteroatoms. The molecule has 1 aromatic carbocycles. The molecule has 106 valence electrons. The van der Waals surface area contributed by atoms with Gasteiger partial charge in [-0.2, -0.15) is 0 Å². The van der Waals surface area contributed by atoms with Gasteiger partial charge in [0.25, 0.3) is 11.5 Å². The summed E-state index contributed by atoms with van der Waals surface area (Å²) in [5.41, 5.74) is -0.0151. The minimum Gasteiger partial charge on any atom is -0.347 e. The highest BCUT2D eigenvalue weighted by Gasteiger charge is 2.12. The van der Waals surface area contributed by atoms with Crippen LogP contribution >= 0.6 is 11.3 Å². The van der Waals surface area contributed by atoms with Crippen molar-refractivity contribution in [3.63, 3.8) is 0 Å². The fourth-order valence-electron chi connectivity index (χ4n) is 2.02. The summed E-state index contributed by atoms with van der Waals surface area (Å²) in [7, 11) is 0. The zero-order chi connectivity index (χ0) is 14.8. The molecule has 2 N–H and O–H groups in total. The van der Waals surface area contributed by atoms with Crippen molar-refractivity contribution in [1.29, 1.82) is 0 Å². The molecule has 0 atom stereocenters. The molecular formula is C15H11FN2O2S. The summed E-state index contributed by atoms with van der Waals surface area (Å²) in [4.78, 5) is 27.6. The van der Waals surface area contributed by atoms with Gasteiger partial charge in [0.2, 0.25) is 0 Å². The van der Waals surface area contributed by atoms with Crippen molar-refractivity contribution in [3.05, 3.63) is 68.4 Å². The van der Waals surface area contributed by atoms with E-state index in [1.54, 1.807) is 0 Å². The highest BCUT2D eigenvalue weighted by atomic mass is 32.1. The third-order valence-corrected chi connectivity index (χ3v) is 3.93. The predicted molar refractivity (Wildman–Crippen MR) is 80.0 cm³/mol. The van der Waals surface area contributed by atoms with Crippen LogP contribution in [0.3, 0.4) is 0 Å². The Balaban J connectivity index is 1.90. The number of fused-ring (bicyclic) bond motifs is 1. The molecule has 0 fully saturated rings. The van der Waals surface area contributed by atoms with Gasteiger partial charge in [-0.25, -0.2) is 4.39 Å². The van der Waals surface area contributed by atoms with Gasteiger partial charge in [-0.05, 0) is 35.7 Å². The molecule has 0 aliphatic rings. The van der Waals surface area contributed by atoms with Gasteiger partial charge in [0, 0.05) is 15.8 Å². The van der Waals surface area contributed by atoms with E-state index in [0.29, 0.717) is 17.4 Å². The van der Waals surface area contributed by atoms with E-state index in [0.717, 1.165) is 4.88 Å². The number of carbonyl (C=O) groups excluding carboxylic acids is 1. The molecule has 0 saturated heterocycles. The molecule has 2 heterocycles. The van der Waals surface area contributed by atoms with Crippen molar-refractivity contribution in [3.8, 4) is 0 Å². The van der Waals surface area contributed by atoms with Crippen LogP contribution in [0.4, 0.5) is 4.39 Å². The summed E-state index contributed by atoms with van der Waals surface area (Å²) in [5, 5.41) is 5.07. The van der Waals surface area contributed by atoms with Gasteiger partial charge in [-0.1, -0.05) is 6.07 Å². The first kappa shape index (κ1) is 13.5. The maximum absolute atomic E-state index is 13.2. The minimum absolute atomic E-state index is 0.0235. The summed E-state index contributed by atoms with van der Waals surface area (Å²) in [6, 6.07) is 9.19. The van der Waals surface area contributed by atoms with E-state index in [-0.39, 0.29) is 5.56 Å². The predicted octanol–water partition coefficient (Wildman–Crippen LogP) is 2.66. The lowest BCUT2D eigenvalue weighted by atomic mass is 10.1. The van der Waals surface area contributed by atoms with Gasteiger partial charge >= 0.3 is 0 Å². The molecule has 2 aromatic heterocycles. The number of hydrogen-bond acceptors (Lipinski definition) is 3. The Bertz CT molecular complexity index is 856. The van der Waals surface area contributed by atoms with Crippen LogP contribution in [0, 0.1) is 5.82 Å². The normalized spacial score (nSPS) is 10.7. The lowest BCUT2D eigenvalue weighted by Gasteiger charge is -2.05. The monoisotopic (exact) mass is 302 g/mol. The van der Waals surface area contributed by atoms with Crippen molar-refractivity contribution < 1.29 is 9.18 Å². The van der Waals surface area contributed by atoms with Crippen LogP contribution in [0.15, 0.2) is 46.6 Å². The Hall–Kier alpha value is -2.47. The smallest absolute Gasteiger partial charge is 0.261 e. The second-order valence-corrected chi connectivity index (χ2v) is 5.54. The third kappa shape index (κ3) is 2.85. The number of nitrogens with one attached hydrogen (secondary N) is 2. The van der Waals surface area contributed by atoms with E-state index in [2.05, 4.69) is 10.3 Å². The third-order valence-electron chi connectivity index (χ3n) is 3.05. The van der Waals surface area contributed by atoms with Gasteiger partial charge < -0.3 is 10.3 Å². The lowest BCUT2D eigenvalue weighted by Crippen LogP contribution is -2.28. The Kier molecular flexibility index (Phi) is 3.53. The highest BCUT2D eigenvalue weighted by molar-refractivity contribution is 7.09. The average Bonchev–Trinajstić information content (AvgIpc) is 2.98. The fourth-order valence-corrected chi connectivity index (χ4v) is 2.67. The lowest BCUT2D eigenvalue weighted by molar-refractivity contribution is 0.0950. The molecule has 4 nitrogen and oxygen atoms in total. The topological polar surface area (TPSA) is 62.0 Å². The zero-order valence-electron chi connectivity index (χ0n) is 10.9. The van der Waals surface area contributed by atoms with Crippen LogP contribution in [0.1, 0.15) is 15.2 Å². The van der Waals surface area contributed by atoms with Crippen LogP contribution < -0.4 is 10.9 Å². The molecule has 0 bridgehead atoms. The first-order valence-corrected chi connectivity index (χ1v) is 7.14. The van der Waals surface area contributed by atoms with Gasteiger partial charge in [0.15, 0.2) is 0 Å². The quantitative estimate of drug-likeness (QED) is 0.781. The summed E-state index contributed by atoms with van der Waals surface area (Å²) in [6.07, 6.45) is 0. The number of amides is 1. The number of carbonyl (C=O) groups is 1. The first-order valence-electron chi connectivity index (χ1n) is 6.26. The van der Waals surface area contributed by atoms with E-state index in [9.17, 15) is 14.0 Å². The van der Waals surface area contributed by atoms with E-state index >= 15 is 0 Å². The number of pyridine rings is 1. The first-order chi connectivity index (χ1) is 10.1. The van der Waals surface area contributed by atoms with Crippen LogP contribution in [0.5, 0.6) is 0 Å². The molecular weight excluding hydrogens is 291 g/mol. The number of hydrogen-bond donors (Lipinski definition) is 2. The van der Waals surface area contributed by atoms with Gasteiger partial charge in [0.1, 0.15) is 11.4 Å². The Labute approximate surface area is 123 Å². The Morgan fingerprint density at radius 2 is 2.14 bits per heavy atom. The SMILES string of the molecule is O=C(NCc1cccs1)c1cc2cc(F)ccc2[nH]c1=O. The summed E-state index contributed by atoms with van der Waals surface area (Å²) in [6.45, 7) is 0.358. The van der Waals surface area contributed by atoms with Gasteiger partial charge in [-0.3, -0.25) is 9.59 Å². The van der Waals surface area contributed by atoms with Crippen molar-refractivity contribution in [2.45, 2.75) is 6.54 Å². The van der Waals surface area contributed by atoms with E-state index in [4.69, 9.17) is 0 Å². The summed E-state index contributed by atoms with van der Waals surface area (Å²) in [5.74, 6) is -0.893. The van der Waals surface area contributed by atoms with Gasteiger partial charge in [-0.15, -0.1) is 11.3 Å². The molecule has 0 aliphatic carbocycles. The second-order valence-electron chi connectivity index (χ2n) is 4.51. The molecule has 0 saturated carbocycles. The molecule has 0 spiro atoms. The van der Waals surface area contributed by atoms with Crippen LogP contribution in [-0.2, 0) is 6.54 Å². The molecule has 3 rings (SSSR count). The van der Waals surface area contributed by atoms with Gasteiger partial charge in [0.05, 0.1) is 6.54 Å². The molecule has 0 radical (unpaired) electrons. The maximum atomic E-state index is 13.2. The maximum Gasteiger partial charge on any atom is 0.261 e. The van der Waals surface area contributed by atoms with Crippen LogP contribution in [0.25, 0.3) is 10.9 Å². The summed E-state index contributed by atoms with van der Waals surface area (Å²) < 4.78 is 13.2. The molecule has 1 amide bonds. The van der Waals surface area contributed by atoms with Crippen LogP contribution in [0.2, 0.25) is 0 Å². The number of benzene rings is 1. The van der Waals surface area contributed by atoms with E-state index < -0.39 is 17.3 Å². The van der Waals surface area contributed by atoms with Crippen molar-refractivity contribution in [2.24, 2.45) is 0 Å². The zero-order valence-corrected chi connectivity index (χ0v) is 11.7. The minimum atomic E-state index is -0.488. The van der Waals surface area contributed by atoms with Crippen molar-refractivity contribution >= 4 is 28.1 Å². The Morgan fingerprint density at radius 1 is 1.29 bits per heavy atom. The molecule has 3 aromatic rings. The Morgan fingerprint density at radius 3 is 2.90 bits per heavy atom. The van der Waals surface area contributed by atoms with Crippen molar-refractivity contribution in [2.75, 3.05) is 0 Å². The average molecular weight is 302 g/mol. The molecule has 21 heavy (non-hydrogen) atoms. The van der Waals surface area contributed by atoms with E-state index in [1.165, 1.54) is 35.6 Å². The van der Waals surface area contributed by atoms with Crippen LogP contribution in [-0.4, -0.2) is 10.9 Å². The number of aromatic nitrogens is 1. The summed E-state index contributed by atoms with van der Waals surface area (Å²) >= 11 is 1.52. The van der Waals surface area contributed by atoms with Crippen molar-refractivity contribution in [1.82, 2.24) is 10.3 Å². The fraction of sp³-hybridized carbons (Fsp3) is 0.0667. The second kappa shape index (κ2) is 5.49. The number of halogens is 1.